The highest BCUT2D eigenvalue weighted by Gasteiger charge is 2.38. The van der Waals surface area contributed by atoms with E-state index < -0.39 is 18.0 Å². The molecule has 102 valence electrons. The smallest absolute Gasteiger partial charge is 0.312 e. The summed E-state index contributed by atoms with van der Waals surface area (Å²) >= 11 is 0. The molecule has 1 aliphatic rings. The Bertz CT molecular complexity index is 496. The van der Waals surface area contributed by atoms with Gasteiger partial charge in [0.05, 0.1) is 0 Å². The van der Waals surface area contributed by atoms with E-state index in [9.17, 15) is 14.7 Å². The first kappa shape index (κ1) is 13.5. The van der Waals surface area contributed by atoms with Crippen LogP contribution in [0.1, 0.15) is 24.8 Å². The topological polar surface area (TPSA) is 66.8 Å². The molecule has 0 fully saturated rings. The number of para-hydroxylation sites is 1. The van der Waals surface area contributed by atoms with Crippen LogP contribution in [-0.4, -0.2) is 36.7 Å². The van der Waals surface area contributed by atoms with Crippen LogP contribution in [0, 0.1) is 0 Å². The maximum atomic E-state index is 12.3. The largest absolute Gasteiger partial charge is 0.481 e. The number of hydrogen-bond donors (Lipinski definition) is 1. The number of fused-ring (bicyclic) bond motifs is 1. The van der Waals surface area contributed by atoms with Crippen molar-refractivity contribution in [2.24, 2.45) is 0 Å². The van der Waals surface area contributed by atoms with Crippen LogP contribution in [0.4, 0.5) is 5.69 Å². The summed E-state index contributed by atoms with van der Waals surface area (Å²) < 4.78 is 5.15. The maximum absolute atomic E-state index is 12.3. The quantitative estimate of drug-likeness (QED) is 0.896. The van der Waals surface area contributed by atoms with Gasteiger partial charge in [-0.15, -0.1) is 0 Å². The minimum Gasteiger partial charge on any atom is -0.481 e. The maximum Gasteiger partial charge on any atom is 0.312 e. The summed E-state index contributed by atoms with van der Waals surface area (Å²) in [4.78, 5) is 25.1. The van der Waals surface area contributed by atoms with Gasteiger partial charge in [0.15, 0.2) is 0 Å². The molecule has 19 heavy (non-hydrogen) atoms. The van der Waals surface area contributed by atoms with Gasteiger partial charge >= 0.3 is 5.97 Å². The van der Waals surface area contributed by atoms with Crippen molar-refractivity contribution < 1.29 is 19.4 Å². The number of carbonyl (C=O) groups is 2. The fraction of sp³-hybridized carbons (Fsp3) is 0.429. The molecule has 0 spiro atoms. The third-order valence-corrected chi connectivity index (χ3v) is 3.46. The van der Waals surface area contributed by atoms with Gasteiger partial charge in [-0.3, -0.25) is 9.59 Å². The summed E-state index contributed by atoms with van der Waals surface area (Å²) in [5.74, 6) is -1.75. The van der Waals surface area contributed by atoms with Crippen molar-refractivity contribution in [2.75, 3.05) is 18.6 Å². The Balaban J connectivity index is 2.35. The fourth-order valence-corrected chi connectivity index (χ4v) is 2.44. The van der Waals surface area contributed by atoms with Crippen LogP contribution in [0.5, 0.6) is 0 Å². The Hall–Kier alpha value is -1.88. The van der Waals surface area contributed by atoms with Crippen LogP contribution in [0.15, 0.2) is 24.3 Å². The van der Waals surface area contributed by atoms with E-state index in [4.69, 9.17) is 4.74 Å². The van der Waals surface area contributed by atoms with E-state index >= 15 is 0 Å². The molecule has 1 aromatic carbocycles. The Morgan fingerprint density at radius 1 is 1.47 bits per heavy atom. The van der Waals surface area contributed by atoms with Gasteiger partial charge in [-0.05, 0) is 18.1 Å². The Kier molecular flexibility index (Phi) is 3.85. The molecular weight excluding hydrogens is 246 g/mol. The van der Waals surface area contributed by atoms with Gasteiger partial charge < -0.3 is 14.7 Å². The highest BCUT2D eigenvalue weighted by Crippen LogP contribution is 2.36. The summed E-state index contributed by atoms with van der Waals surface area (Å²) in [5, 5.41) is 9.24. The van der Waals surface area contributed by atoms with Crippen LogP contribution < -0.4 is 4.90 Å². The van der Waals surface area contributed by atoms with E-state index in [-0.39, 0.29) is 12.5 Å². The molecule has 0 saturated carbocycles. The summed E-state index contributed by atoms with van der Waals surface area (Å²) in [6, 6.07) is 7.13. The van der Waals surface area contributed by atoms with Gasteiger partial charge in [-0.25, -0.2) is 0 Å². The number of ether oxygens (including phenoxy) is 1. The van der Waals surface area contributed by atoms with Crippen LogP contribution in [0.25, 0.3) is 0 Å². The standard InChI is InChI=1S/C14H17NO4/c1-3-12(19-2)13(16)15-8-10(14(17)18)9-6-4-5-7-11(9)15/h4-7,10,12H,3,8H2,1-2H3,(H,17,18)/t10-,12-/m0/s1. The van der Waals surface area contributed by atoms with E-state index in [0.29, 0.717) is 17.7 Å². The molecule has 0 aliphatic carbocycles. The number of nitrogens with zero attached hydrogens (tertiary/aromatic N) is 1. The Morgan fingerprint density at radius 3 is 2.74 bits per heavy atom. The van der Waals surface area contributed by atoms with Gasteiger partial charge in [0, 0.05) is 19.3 Å². The van der Waals surface area contributed by atoms with E-state index in [0.717, 1.165) is 0 Å². The van der Waals surface area contributed by atoms with Gasteiger partial charge in [-0.2, -0.15) is 0 Å². The normalized spacial score (nSPS) is 19.1. The van der Waals surface area contributed by atoms with E-state index in [1.807, 2.05) is 6.92 Å². The van der Waals surface area contributed by atoms with E-state index in [1.165, 1.54) is 12.0 Å². The average Bonchev–Trinajstić information content (AvgIpc) is 2.79. The number of amides is 1. The number of carboxylic acid groups (broad SMARTS) is 1. The Morgan fingerprint density at radius 2 is 2.16 bits per heavy atom. The monoisotopic (exact) mass is 263 g/mol. The molecule has 1 amide bonds. The lowest BCUT2D eigenvalue weighted by molar-refractivity contribution is -0.138. The lowest BCUT2D eigenvalue weighted by Crippen LogP contribution is -2.39. The summed E-state index contributed by atoms with van der Waals surface area (Å²) in [5.41, 5.74) is 1.37. The van der Waals surface area contributed by atoms with Gasteiger partial charge in [0.1, 0.15) is 12.0 Å². The first-order chi connectivity index (χ1) is 9.10. The number of methoxy groups -OCH3 is 1. The number of hydrogen-bond acceptors (Lipinski definition) is 3. The third-order valence-electron chi connectivity index (χ3n) is 3.46. The van der Waals surface area contributed by atoms with Gasteiger partial charge in [0.2, 0.25) is 0 Å². The minimum absolute atomic E-state index is 0.174. The predicted octanol–water partition coefficient (Wildman–Crippen LogP) is 1.63. The second kappa shape index (κ2) is 5.40. The molecule has 5 heteroatoms. The predicted molar refractivity (Wildman–Crippen MR) is 70.3 cm³/mol. The number of benzene rings is 1. The molecule has 1 N–H and O–H groups in total. The highest BCUT2D eigenvalue weighted by atomic mass is 16.5. The SMILES string of the molecule is CC[C@H](OC)C(=O)N1C[C@H](C(=O)O)c2ccccc21. The summed E-state index contributed by atoms with van der Waals surface area (Å²) in [7, 11) is 1.49. The molecule has 0 bridgehead atoms. The molecule has 0 aromatic heterocycles. The minimum atomic E-state index is -0.909. The van der Waals surface area contributed by atoms with Crippen LogP contribution in [0.3, 0.4) is 0 Å². The van der Waals surface area contributed by atoms with Crippen LogP contribution >= 0.6 is 0 Å². The fourth-order valence-electron chi connectivity index (χ4n) is 2.44. The number of aliphatic carboxylic acids is 1. The van der Waals surface area contributed by atoms with Crippen molar-refractivity contribution in [1.29, 1.82) is 0 Å². The molecule has 1 aromatic rings. The molecule has 1 aliphatic heterocycles. The molecular formula is C14H17NO4. The number of rotatable bonds is 4. The first-order valence-electron chi connectivity index (χ1n) is 6.26. The molecule has 0 radical (unpaired) electrons. The Labute approximate surface area is 111 Å². The lowest BCUT2D eigenvalue weighted by Gasteiger charge is -2.22. The van der Waals surface area contributed by atoms with Crippen molar-refractivity contribution >= 4 is 17.6 Å². The van der Waals surface area contributed by atoms with Crippen molar-refractivity contribution in [3.05, 3.63) is 29.8 Å². The number of carboxylic acids is 1. The van der Waals surface area contributed by atoms with Gasteiger partial charge in [0.25, 0.3) is 5.91 Å². The molecule has 0 unspecified atom stereocenters. The zero-order valence-electron chi connectivity index (χ0n) is 11.0. The lowest BCUT2D eigenvalue weighted by atomic mass is 10.0. The second-order valence-electron chi connectivity index (χ2n) is 4.53. The zero-order valence-corrected chi connectivity index (χ0v) is 11.0. The number of anilines is 1. The third kappa shape index (κ3) is 2.33. The summed E-state index contributed by atoms with van der Waals surface area (Å²) in [6.45, 7) is 2.04. The van der Waals surface area contributed by atoms with Crippen molar-refractivity contribution in [3.63, 3.8) is 0 Å². The second-order valence-corrected chi connectivity index (χ2v) is 4.53. The van der Waals surface area contributed by atoms with E-state index in [1.54, 1.807) is 24.3 Å². The highest BCUT2D eigenvalue weighted by molar-refractivity contribution is 6.01. The van der Waals surface area contributed by atoms with Crippen molar-refractivity contribution in [1.82, 2.24) is 0 Å². The van der Waals surface area contributed by atoms with Crippen molar-refractivity contribution in [3.8, 4) is 0 Å². The first-order valence-corrected chi connectivity index (χ1v) is 6.26. The summed E-state index contributed by atoms with van der Waals surface area (Å²) in [6.07, 6.45) is 0.0340. The van der Waals surface area contributed by atoms with E-state index in [2.05, 4.69) is 0 Å². The molecule has 1 heterocycles. The van der Waals surface area contributed by atoms with Crippen molar-refractivity contribution in [2.45, 2.75) is 25.4 Å². The molecule has 2 atom stereocenters. The number of carbonyl (C=O) groups excluding carboxylic acids is 1. The molecule has 2 rings (SSSR count). The molecule has 5 nitrogen and oxygen atoms in total. The average molecular weight is 263 g/mol. The zero-order chi connectivity index (χ0) is 14.0. The van der Waals surface area contributed by atoms with Crippen LogP contribution in [-0.2, 0) is 14.3 Å². The molecule has 0 saturated heterocycles. The van der Waals surface area contributed by atoms with Gasteiger partial charge in [-0.1, -0.05) is 25.1 Å². The van der Waals surface area contributed by atoms with Crippen LogP contribution in [0.2, 0.25) is 0 Å².